The fourth-order valence-electron chi connectivity index (χ4n) is 5.30. The van der Waals surface area contributed by atoms with Crippen molar-refractivity contribution in [2.75, 3.05) is 11.9 Å². The molecule has 4 N–H and O–H groups in total. The molecule has 9 heteroatoms. The summed E-state index contributed by atoms with van der Waals surface area (Å²) in [6.07, 6.45) is 1.23. The van der Waals surface area contributed by atoms with Crippen LogP contribution in [-0.4, -0.2) is 40.0 Å². The van der Waals surface area contributed by atoms with E-state index in [1.54, 1.807) is 6.92 Å². The van der Waals surface area contributed by atoms with Gasteiger partial charge in [0, 0.05) is 36.0 Å². The number of ketones is 3. The maximum atomic E-state index is 13.8. The summed E-state index contributed by atoms with van der Waals surface area (Å²) in [6, 6.07) is 13.4. The van der Waals surface area contributed by atoms with Crippen molar-refractivity contribution < 1.29 is 34.1 Å². The molecule has 3 aromatic rings. The van der Waals surface area contributed by atoms with Crippen LogP contribution >= 0.6 is 0 Å². The van der Waals surface area contributed by atoms with E-state index in [0.29, 0.717) is 5.69 Å². The lowest BCUT2D eigenvalue weighted by atomic mass is 9.70. The minimum absolute atomic E-state index is 0.0248. The standard InChI is InChI=1S/C31H28N2O7/c1-15-27(37)25(17(3)34)29-26(28(15)38)31(4)22(40-29)14-21(35)24(30(31)39)16(2)32-12-11-23(36)33-20-10-9-18-7-5-6-8-19(18)13-20/h5-10,13-14,32,37-38H,11-12H2,1-4H3,(H,33,36)/b24-16+/t31-/m0/s1. The molecule has 1 aliphatic heterocycles. The summed E-state index contributed by atoms with van der Waals surface area (Å²) >= 11 is 0. The van der Waals surface area contributed by atoms with Crippen LogP contribution in [0.5, 0.6) is 17.2 Å². The lowest BCUT2D eigenvalue weighted by Gasteiger charge is -2.29. The number of ether oxygens (including phenoxy) is 1. The van der Waals surface area contributed by atoms with E-state index < -0.39 is 28.5 Å². The van der Waals surface area contributed by atoms with Crippen LogP contribution in [0.1, 0.15) is 48.7 Å². The minimum Gasteiger partial charge on any atom is -0.507 e. The van der Waals surface area contributed by atoms with E-state index in [-0.39, 0.29) is 64.1 Å². The zero-order chi connectivity index (χ0) is 28.9. The molecule has 204 valence electrons. The number of phenolic OH excluding ortho intramolecular Hbond substituents is 2. The molecular weight excluding hydrogens is 512 g/mol. The molecule has 0 spiro atoms. The number of nitrogens with one attached hydrogen (secondary N) is 2. The maximum absolute atomic E-state index is 13.8. The van der Waals surface area contributed by atoms with E-state index >= 15 is 0 Å². The number of benzene rings is 3. The number of hydrogen-bond acceptors (Lipinski definition) is 8. The predicted molar refractivity (Wildman–Crippen MR) is 148 cm³/mol. The molecule has 5 rings (SSSR count). The van der Waals surface area contributed by atoms with Gasteiger partial charge in [-0.05, 0) is 50.6 Å². The molecule has 0 radical (unpaired) electrons. The van der Waals surface area contributed by atoms with Crippen molar-refractivity contribution in [3.05, 3.63) is 82.3 Å². The molecule has 3 aromatic carbocycles. The van der Waals surface area contributed by atoms with E-state index in [1.807, 2.05) is 42.5 Å². The Balaban J connectivity index is 1.37. The monoisotopic (exact) mass is 540 g/mol. The van der Waals surface area contributed by atoms with Crippen molar-refractivity contribution in [1.82, 2.24) is 5.32 Å². The number of allylic oxidation sites excluding steroid dienone is 4. The van der Waals surface area contributed by atoms with Crippen LogP contribution in [-0.2, 0) is 19.8 Å². The van der Waals surface area contributed by atoms with Gasteiger partial charge in [-0.15, -0.1) is 0 Å². The quantitative estimate of drug-likeness (QED) is 0.206. The van der Waals surface area contributed by atoms with Gasteiger partial charge in [0.1, 0.15) is 34.0 Å². The smallest absolute Gasteiger partial charge is 0.226 e. The summed E-state index contributed by atoms with van der Waals surface area (Å²) in [4.78, 5) is 51.7. The number of Topliss-reactive ketones (excluding diaryl/α,β-unsaturated/α-hetero) is 2. The Labute approximate surface area is 230 Å². The van der Waals surface area contributed by atoms with Crippen molar-refractivity contribution >= 4 is 39.7 Å². The first-order chi connectivity index (χ1) is 18.9. The number of amides is 1. The van der Waals surface area contributed by atoms with Gasteiger partial charge in [0.2, 0.25) is 5.91 Å². The second-order valence-corrected chi connectivity index (χ2v) is 10.2. The van der Waals surface area contributed by atoms with Crippen LogP contribution < -0.4 is 15.4 Å². The molecule has 0 bridgehead atoms. The average molecular weight is 541 g/mol. The Hall–Kier alpha value is -4.92. The van der Waals surface area contributed by atoms with Crippen LogP contribution in [0.3, 0.4) is 0 Å². The van der Waals surface area contributed by atoms with E-state index in [0.717, 1.165) is 16.8 Å². The highest BCUT2D eigenvalue weighted by molar-refractivity contribution is 6.31. The number of carbonyl (C=O) groups is 4. The van der Waals surface area contributed by atoms with Crippen LogP contribution in [0.25, 0.3) is 10.8 Å². The molecule has 1 atom stereocenters. The minimum atomic E-state index is -1.60. The first-order valence-electron chi connectivity index (χ1n) is 12.8. The Bertz CT molecular complexity index is 1720. The largest absolute Gasteiger partial charge is 0.507 e. The van der Waals surface area contributed by atoms with Crippen molar-refractivity contribution in [3.8, 4) is 17.2 Å². The summed E-state index contributed by atoms with van der Waals surface area (Å²) in [5, 5.41) is 29.3. The summed E-state index contributed by atoms with van der Waals surface area (Å²) in [5.41, 5.74) is -0.934. The fourth-order valence-corrected chi connectivity index (χ4v) is 5.30. The number of fused-ring (bicyclic) bond motifs is 4. The van der Waals surface area contributed by atoms with E-state index in [4.69, 9.17) is 4.74 Å². The Morgan fingerprint density at radius 2 is 1.70 bits per heavy atom. The van der Waals surface area contributed by atoms with Crippen molar-refractivity contribution in [3.63, 3.8) is 0 Å². The van der Waals surface area contributed by atoms with Gasteiger partial charge in [-0.2, -0.15) is 0 Å². The van der Waals surface area contributed by atoms with Gasteiger partial charge < -0.3 is 25.6 Å². The molecule has 0 saturated carbocycles. The fraction of sp³-hybridized carbons (Fsp3) is 0.226. The number of phenols is 2. The highest BCUT2D eigenvalue weighted by Gasteiger charge is 2.56. The first kappa shape index (κ1) is 26.7. The van der Waals surface area contributed by atoms with Crippen LogP contribution in [0.2, 0.25) is 0 Å². The van der Waals surface area contributed by atoms with Gasteiger partial charge in [0.25, 0.3) is 0 Å². The molecule has 40 heavy (non-hydrogen) atoms. The maximum Gasteiger partial charge on any atom is 0.226 e. The highest BCUT2D eigenvalue weighted by Crippen LogP contribution is 2.57. The number of rotatable bonds is 6. The van der Waals surface area contributed by atoms with Crippen LogP contribution in [0.4, 0.5) is 5.69 Å². The van der Waals surface area contributed by atoms with Crippen molar-refractivity contribution in [1.29, 1.82) is 0 Å². The first-order valence-corrected chi connectivity index (χ1v) is 12.8. The van der Waals surface area contributed by atoms with Crippen molar-refractivity contribution in [2.24, 2.45) is 0 Å². The summed E-state index contributed by atoms with van der Waals surface area (Å²) in [7, 11) is 0. The molecule has 0 saturated heterocycles. The summed E-state index contributed by atoms with van der Waals surface area (Å²) in [5.74, 6) is -3.01. The SMILES string of the molecule is CC(=O)c1c(O)c(C)c(O)c2c1OC1=CC(=O)/C(=C(/C)NCCC(=O)Nc3ccc4ccccc4c3)C(=O)[C@@]12C. The average Bonchev–Trinajstić information content (AvgIpc) is 3.20. The van der Waals surface area contributed by atoms with E-state index in [2.05, 4.69) is 10.6 Å². The topological polar surface area (TPSA) is 142 Å². The molecule has 2 aliphatic rings. The molecule has 9 nitrogen and oxygen atoms in total. The Morgan fingerprint density at radius 1 is 1.00 bits per heavy atom. The number of hydrogen-bond donors (Lipinski definition) is 4. The van der Waals surface area contributed by atoms with E-state index in [1.165, 1.54) is 20.8 Å². The third-order valence-corrected chi connectivity index (χ3v) is 7.54. The van der Waals surface area contributed by atoms with Gasteiger partial charge in [-0.3, -0.25) is 19.2 Å². The molecule has 0 unspecified atom stereocenters. The predicted octanol–water partition coefficient (Wildman–Crippen LogP) is 4.34. The van der Waals surface area contributed by atoms with Crippen LogP contribution in [0, 0.1) is 6.92 Å². The van der Waals surface area contributed by atoms with Gasteiger partial charge in [0.15, 0.2) is 17.3 Å². The van der Waals surface area contributed by atoms with Gasteiger partial charge >= 0.3 is 0 Å². The summed E-state index contributed by atoms with van der Waals surface area (Å²) in [6.45, 7) is 5.88. The molecule has 1 heterocycles. The Morgan fingerprint density at radius 3 is 2.40 bits per heavy atom. The zero-order valence-electron chi connectivity index (χ0n) is 22.5. The van der Waals surface area contributed by atoms with E-state index in [9.17, 15) is 29.4 Å². The summed E-state index contributed by atoms with van der Waals surface area (Å²) < 4.78 is 5.77. The molecule has 0 fully saturated rings. The third kappa shape index (κ3) is 4.10. The van der Waals surface area contributed by atoms with Crippen molar-refractivity contribution in [2.45, 2.75) is 39.5 Å². The second-order valence-electron chi connectivity index (χ2n) is 10.2. The lowest BCUT2D eigenvalue weighted by Crippen LogP contribution is -2.41. The molecular formula is C31H28N2O7. The molecule has 0 aromatic heterocycles. The van der Waals surface area contributed by atoms with Gasteiger partial charge in [-0.25, -0.2) is 0 Å². The highest BCUT2D eigenvalue weighted by atomic mass is 16.5. The number of aromatic hydroxyl groups is 2. The Kier molecular flexibility index (Phi) is 6.45. The van der Waals surface area contributed by atoms with Gasteiger partial charge in [0.05, 0.1) is 11.1 Å². The van der Waals surface area contributed by atoms with Crippen LogP contribution in [0.15, 0.2) is 65.6 Å². The third-order valence-electron chi connectivity index (χ3n) is 7.54. The molecule has 1 aliphatic carbocycles. The normalized spacial score (nSPS) is 18.9. The zero-order valence-corrected chi connectivity index (χ0v) is 22.5. The lowest BCUT2D eigenvalue weighted by molar-refractivity contribution is -0.123. The number of anilines is 1. The number of carbonyl (C=O) groups excluding carboxylic acids is 4. The molecule has 1 amide bonds. The second kappa shape index (κ2) is 9.68. The van der Waals surface area contributed by atoms with Gasteiger partial charge in [-0.1, -0.05) is 30.3 Å².